The highest BCUT2D eigenvalue weighted by Gasteiger charge is 2.08. The number of carbonyl (C=O) groups excluding carboxylic acids is 1. The minimum absolute atomic E-state index is 0.123. The summed E-state index contributed by atoms with van der Waals surface area (Å²) in [7, 11) is 1.58. The van der Waals surface area contributed by atoms with Crippen molar-refractivity contribution in [2.45, 2.75) is 18.4 Å². The zero-order valence-corrected chi connectivity index (χ0v) is 16.5. The van der Waals surface area contributed by atoms with E-state index < -0.39 is 0 Å². The van der Waals surface area contributed by atoms with E-state index in [0.29, 0.717) is 16.5 Å². The van der Waals surface area contributed by atoms with Crippen LogP contribution in [0.3, 0.4) is 0 Å². The lowest BCUT2D eigenvalue weighted by Gasteiger charge is -2.08. The number of thioether (sulfide) groups is 1. The van der Waals surface area contributed by atoms with Gasteiger partial charge in [0, 0.05) is 11.8 Å². The first-order valence-electron chi connectivity index (χ1n) is 8.85. The van der Waals surface area contributed by atoms with Crippen LogP contribution < -0.4 is 15.6 Å². The third-order valence-corrected chi connectivity index (χ3v) is 4.98. The highest BCUT2D eigenvalue weighted by atomic mass is 32.2. The number of nitrogens with one attached hydrogen (secondary N) is 1. The van der Waals surface area contributed by atoms with Gasteiger partial charge < -0.3 is 10.1 Å². The summed E-state index contributed by atoms with van der Waals surface area (Å²) in [6.45, 7) is 2.07. The maximum Gasteiger partial charge on any atom is 0.271 e. The van der Waals surface area contributed by atoms with Gasteiger partial charge in [-0.05, 0) is 54.4 Å². The fourth-order valence-electron chi connectivity index (χ4n) is 2.59. The molecule has 6 nitrogen and oxygen atoms in total. The van der Waals surface area contributed by atoms with E-state index in [4.69, 9.17) is 4.74 Å². The highest BCUT2D eigenvalue weighted by molar-refractivity contribution is 7.99. The Kier molecular flexibility index (Phi) is 6.49. The lowest BCUT2D eigenvalue weighted by Crippen LogP contribution is -2.20. The molecule has 0 saturated heterocycles. The van der Waals surface area contributed by atoms with Gasteiger partial charge in [-0.2, -0.15) is 9.78 Å². The van der Waals surface area contributed by atoms with Gasteiger partial charge in [0.25, 0.3) is 5.56 Å². The molecule has 0 aliphatic carbocycles. The number of rotatable bonds is 7. The van der Waals surface area contributed by atoms with Gasteiger partial charge >= 0.3 is 0 Å². The standard InChI is InChI=1S/C21H21N3O3S/c1-3-15-5-4-6-16(13-15)22-19(25)14-28-20-11-12-21(26)24(23-20)17-7-9-18(27-2)10-8-17/h4-13H,3,14H2,1-2H3,(H,22,25). The second-order valence-corrected chi connectivity index (χ2v) is 7.01. The second kappa shape index (κ2) is 9.23. The Labute approximate surface area is 167 Å². The molecule has 0 saturated carbocycles. The lowest BCUT2D eigenvalue weighted by atomic mass is 10.1. The Morgan fingerprint density at radius 1 is 1.14 bits per heavy atom. The number of carbonyl (C=O) groups is 1. The van der Waals surface area contributed by atoms with Crippen LogP contribution in [0.25, 0.3) is 5.69 Å². The van der Waals surface area contributed by atoms with E-state index in [-0.39, 0.29) is 17.2 Å². The van der Waals surface area contributed by atoms with Crippen LogP contribution in [0.1, 0.15) is 12.5 Å². The van der Waals surface area contributed by atoms with Gasteiger partial charge in [0.05, 0.1) is 18.6 Å². The average molecular weight is 395 g/mol. The van der Waals surface area contributed by atoms with E-state index >= 15 is 0 Å². The van der Waals surface area contributed by atoms with Gasteiger partial charge in [-0.1, -0.05) is 30.8 Å². The molecule has 0 aliphatic rings. The Morgan fingerprint density at radius 2 is 1.93 bits per heavy atom. The minimum atomic E-state index is -0.240. The summed E-state index contributed by atoms with van der Waals surface area (Å²) < 4.78 is 6.44. The Morgan fingerprint density at radius 3 is 2.64 bits per heavy atom. The topological polar surface area (TPSA) is 73.2 Å². The molecule has 144 valence electrons. The largest absolute Gasteiger partial charge is 0.497 e. The molecule has 1 heterocycles. The summed E-state index contributed by atoms with van der Waals surface area (Å²) in [4.78, 5) is 24.4. The van der Waals surface area contributed by atoms with Crippen LogP contribution in [0.15, 0.2) is 70.5 Å². The van der Waals surface area contributed by atoms with Crippen LogP contribution in [0.5, 0.6) is 5.75 Å². The van der Waals surface area contributed by atoms with Crippen LogP contribution >= 0.6 is 11.8 Å². The molecular formula is C21H21N3O3S. The predicted molar refractivity (Wildman–Crippen MR) is 112 cm³/mol. The molecule has 3 rings (SSSR count). The van der Waals surface area contributed by atoms with Gasteiger partial charge in [-0.25, -0.2) is 0 Å². The number of nitrogens with zero attached hydrogens (tertiary/aromatic N) is 2. The third kappa shape index (κ3) is 5.01. The summed E-state index contributed by atoms with van der Waals surface area (Å²) >= 11 is 1.28. The van der Waals surface area contributed by atoms with E-state index in [1.54, 1.807) is 37.4 Å². The molecule has 0 fully saturated rings. The third-order valence-electron chi connectivity index (χ3n) is 4.06. The second-order valence-electron chi connectivity index (χ2n) is 6.01. The number of hydrogen-bond acceptors (Lipinski definition) is 5. The highest BCUT2D eigenvalue weighted by Crippen LogP contribution is 2.17. The van der Waals surface area contributed by atoms with Crippen LogP contribution in [0, 0.1) is 0 Å². The number of hydrogen-bond donors (Lipinski definition) is 1. The van der Waals surface area contributed by atoms with Crippen molar-refractivity contribution in [1.29, 1.82) is 0 Å². The van der Waals surface area contributed by atoms with Crippen molar-refractivity contribution in [3.63, 3.8) is 0 Å². The predicted octanol–water partition coefficient (Wildman–Crippen LogP) is 3.53. The number of ether oxygens (including phenoxy) is 1. The van der Waals surface area contributed by atoms with Crippen molar-refractivity contribution in [3.05, 3.63) is 76.6 Å². The van der Waals surface area contributed by atoms with Crippen molar-refractivity contribution in [1.82, 2.24) is 9.78 Å². The monoisotopic (exact) mass is 395 g/mol. The van der Waals surface area contributed by atoms with Crippen LogP contribution in [-0.4, -0.2) is 28.6 Å². The van der Waals surface area contributed by atoms with Crippen molar-refractivity contribution in [2.75, 3.05) is 18.2 Å². The number of methoxy groups -OCH3 is 1. The Hall–Kier alpha value is -3.06. The molecule has 2 aromatic carbocycles. The average Bonchev–Trinajstić information content (AvgIpc) is 2.73. The molecular weight excluding hydrogens is 374 g/mol. The maximum atomic E-state index is 12.2. The summed E-state index contributed by atoms with van der Waals surface area (Å²) in [6.07, 6.45) is 0.912. The quantitative estimate of drug-likeness (QED) is 0.620. The van der Waals surface area contributed by atoms with Gasteiger partial charge in [-0.15, -0.1) is 0 Å². The molecule has 0 atom stereocenters. The zero-order valence-electron chi connectivity index (χ0n) is 15.7. The summed E-state index contributed by atoms with van der Waals surface area (Å²) in [5, 5.41) is 7.83. The van der Waals surface area contributed by atoms with E-state index in [0.717, 1.165) is 12.1 Å². The molecule has 28 heavy (non-hydrogen) atoms. The van der Waals surface area contributed by atoms with Gasteiger partial charge in [0.2, 0.25) is 5.91 Å². The van der Waals surface area contributed by atoms with Crippen molar-refractivity contribution < 1.29 is 9.53 Å². The SMILES string of the molecule is CCc1cccc(NC(=O)CSc2ccc(=O)n(-c3ccc(OC)cc3)n2)c1. The normalized spacial score (nSPS) is 10.5. The van der Waals surface area contributed by atoms with Gasteiger partial charge in [0.1, 0.15) is 10.8 Å². The van der Waals surface area contributed by atoms with Gasteiger partial charge in [0.15, 0.2) is 0 Å². The first-order chi connectivity index (χ1) is 13.6. The zero-order chi connectivity index (χ0) is 19.9. The van der Waals surface area contributed by atoms with Crippen LogP contribution in [0.2, 0.25) is 0 Å². The van der Waals surface area contributed by atoms with Crippen molar-refractivity contribution >= 4 is 23.4 Å². The van der Waals surface area contributed by atoms with Gasteiger partial charge in [-0.3, -0.25) is 9.59 Å². The number of aromatic nitrogens is 2. The molecule has 1 aromatic heterocycles. The summed E-state index contributed by atoms with van der Waals surface area (Å²) in [5.74, 6) is 0.776. The van der Waals surface area contributed by atoms with Crippen molar-refractivity contribution in [3.8, 4) is 11.4 Å². The first kappa shape index (κ1) is 19.7. The van der Waals surface area contributed by atoms with Crippen molar-refractivity contribution in [2.24, 2.45) is 0 Å². The molecule has 0 unspecified atom stereocenters. The molecule has 1 amide bonds. The number of aryl methyl sites for hydroxylation is 1. The smallest absolute Gasteiger partial charge is 0.271 e. The molecule has 0 spiro atoms. The minimum Gasteiger partial charge on any atom is -0.497 e. The fraction of sp³-hybridized carbons (Fsp3) is 0.190. The van der Waals surface area contributed by atoms with Crippen LogP contribution in [0.4, 0.5) is 5.69 Å². The summed E-state index contributed by atoms with van der Waals surface area (Å²) in [5.41, 5.74) is 2.34. The van der Waals surface area contributed by atoms with E-state index in [2.05, 4.69) is 17.3 Å². The molecule has 0 aliphatic heterocycles. The molecule has 1 N–H and O–H groups in total. The Balaban J connectivity index is 1.67. The number of anilines is 1. The molecule has 7 heteroatoms. The molecule has 0 radical (unpaired) electrons. The Bertz CT molecular complexity index is 1020. The lowest BCUT2D eigenvalue weighted by molar-refractivity contribution is -0.113. The first-order valence-corrected chi connectivity index (χ1v) is 9.84. The molecule has 0 bridgehead atoms. The number of amides is 1. The maximum absolute atomic E-state index is 12.2. The van der Waals surface area contributed by atoms with E-state index in [9.17, 15) is 9.59 Å². The summed E-state index contributed by atoms with van der Waals surface area (Å²) in [6, 6.07) is 17.9. The van der Waals surface area contributed by atoms with E-state index in [1.807, 2.05) is 24.3 Å². The fourth-order valence-corrected chi connectivity index (χ4v) is 3.24. The van der Waals surface area contributed by atoms with E-state index in [1.165, 1.54) is 28.1 Å². The molecule has 3 aromatic rings. The van der Waals surface area contributed by atoms with Crippen LogP contribution in [-0.2, 0) is 11.2 Å². The number of benzene rings is 2.